The summed E-state index contributed by atoms with van der Waals surface area (Å²) in [6.45, 7) is 3.04. The van der Waals surface area contributed by atoms with Crippen molar-refractivity contribution in [1.29, 1.82) is 0 Å². The monoisotopic (exact) mass is 715 g/mol. The minimum atomic E-state index is -0.493. The number of nitrogens with zero attached hydrogens (tertiary/aromatic N) is 3. The molecule has 0 radical (unpaired) electrons. The number of benzene rings is 8. The number of rotatable bonds is 6. The van der Waals surface area contributed by atoms with E-state index in [0.29, 0.717) is 0 Å². The highest BCUT2D eigenvalue weighted by Gasteiger charge is 2.47. The fourth-order valence-electron chi connectivity index (χ4n) is 9.46. The number of fused-ring (bicyclic) bond motifs is 8. The Balaban J connectivity index is 1.14. The summed E-state index contributed by atoms with van der Waals surface area (Å²) in [6, 6.07) is 70.5. The van der Waals surface area contributed by atoms with Gasteiger partial charge in [0.05, 0.1) is 27.7 Å². The summed E-state index contributed by atoms with van der Waals surface area (Å²) in [5.41, 5.74) is 15.8. The highest BCUT2D eigenvalue weighted by Crippen LogP contribution is 2.59. The highest BCUT2D eigenvalue weighted by atomic mass is 15.1. The molecule has 56 heavy (non-hydrogen) atoms. The van der Waals surface area contributed by atoms with Crippen LogP contribution in [-0.2, 0) is 12.0 Å². The second kappa shape index (κ2) is 12.8. The molecular formula is C53H37N3. The molecule has 0 saturated carbocycles. The first kappa shape index (κ1) is 32.3. The molecule has 2 heterocycles. The lowest BCUT2D eigenvalue weighted by molar-refractivity contribution is 0.769. The lowest BCUT2D eigenvalue weighted by atomic mass is 9.67. The number of hydrogen-bond acceptors (Lipinski definition) is 2. The van der Waals surface area contributed by atoms with Crippen molar-refractivity contribution in [1.82, 2.24) is 14.5 Å². The zero-order chi connectivity index (χ0) is 37.2. The van der Waals surface area contributed by atoms with Crippen LogP contribution < -0.4 is 0 Å². The molecule has 264 valence electrons. The third-order valence-electron chi connectivity index (χ3n) is 11.9. The van der Waals surface area contributed by atoms with E-state index in [9.17, 15) is 0 Å². The van der Waals surface area contributed by atoms with Crippen LogP contribution in [0.25, 0.3) is 77.6 Å². The van der Waals surface area contributed by atoms with Crippen molar-refractivity contribution in [2.24, 2.45) is 0 Å². The maximum atomic E-state index is 5.53. The summed E-state index contributed by atoms with van der Waals surface area (Å²) in [7, 11) is 0. The predicted molar refractivity (Wildman–Crippen MR) is 232 cm³/mol. The molecule has 0 saturated heterocycles. The molecule has 0 unspecified atom stereocenters. The standard InChI is InChI=1S/C53H37N3/c1-2-56-48-27-14-13-26-47(48)55-52(56)36-30-28-35(29-31-36)37-16-15-17-38(34-37)51-50-42(41-22-10-12-25-46(41)54-51)32-33-45-49(50)43-23-9-11-24-44(43)53(45,39-18-5-3-6-19-39)40-20-7-4-8-21-40/h3-34H,2H2,1H3. The van der Waals surface area contributed by atoms with Crippen LogP contribution in [0.1, 0.15) is 29.2 Å². The zero-order valence-electron chi connectivity index (χ0n) is 31.0. The average molecular weight is 716 g/mol. The van der Waals surface area contributed by atoms with Crippen LogP contribution in [0.2, 0.25) is 0 Å². The largest absolute Gasteiger partial charge is 0.324 e. The van der Waals surface area contributed by atoms with Crippen LogP contribution in [-0.4, -0.2) is 14.5 Å². The first-order chi connectivity index (χ1) is 27.7. The normalized spacial score (nSPS) is 12.9. The molecule has 8 aromatic carbocycles. The molecule has 10 aromatic rings. The summed E-state index contributed by atoms with van der Waals surface area (Å²) in [4.78, 5) is 10.5. The molecule has 3 nitrogen and oxygen atoms in total. The molecule has 0 amide bonds. The van der Waals surface area contributed by atoms with Gasteiger partial charge in [0.15, 0.2) is 0 Å². The highest BCUT2D eigenvalue weighted by molar-refractivity contribution is 6.18. The lowest BCUT2D eigenvalue weighted by Crippen LogP contribution is -2.28. The molecule has 0 N–H and O–H groups in total. The summed E-state index contributed by atoms with van der Waals surface area (Å²) in [5, 5.41) is 3.56. The van der Waals surface area contributed by atoms with Crippen LogP contribution in [0.15, 0.2) is 194 Å². The van der Waals surface area contributed by atoms with Gasteiger partial charge in [-0.25, -0.2) is 9.97 Å². The third kappa shape index (κ3) is 4.71. The SMILES string of the molecule is CCn1c(-c2ccc(-c3cccc(-c4nc5ccccc5c5ccc6c(c45)-c4ccccc4C6(c4ccccc4)c4ccccc4)c3)cc2)nc2ccccc21. The van der Waals surface area contributed by atoms with Gasteiger partial charge in [-0.3, -0.25) is 0 Å². The van der Waals surface area contributed by atoms with Crippen LogP contribution in [0, 0.1) is 0 Å². The molecule has 1 aliphatic rings. The molecular weight excluding hydrogens is 679 g/mol. The second-order valence-corrected chi connectivity index (χ2v) is 14.7. The second-order valence-electron chi connectivity index (χ2n) is 14.7. The van der Waals surface area contributed by atoms with Gasteiger partial charge in [-0.05, 0) is 81.1 Å². The maximum Gasteiger partial charge on any atom is 0.141 e. The Morgan fingerprint density at radius 2 is 1.11 bits per heavy atom. The quantitative estimate of drug-likeness (QED) is 0.161. The minimum absolute atomic E-state index is 0.493. The molecule has 0 bridgehead atoms. The summed E-state index contributed by atoms with van der Waals surface area (Å²) in [6.07, 6.45) is 0. The Bertz CT molecular complexity index is 3070. The number of pyridine rings is 1. The van der Waals surface area contributed by atoms with Gasteiger partial charge in [-0.2, -0.15) is 0 Å². The van der Waals surface area contributed by atoms with E-state index in [1.807, 2.05) is 0 Å². The van der Waals surface area contributed by atoms with Gasteiger partial charge < -0.3 is 4.57 Å². The van der Waals surface area contributed by atoms with Crippen molar-refractivity contribution in [3.63, 3.8) is 0 Å². The predicted octanol–water partition coefficient (Wildman–Crippen LogP) is 13.1. The fraction of sp³-hybridized carbons (Fsp3) is 0.0566. The number of imidazole rings is 1. The van der Waals surface area contributed by atoms with E-state index in [2.05, 4.69) is 206 Å². The van der Waals surface area contributed by atoms with Gasteiger partial charge in [0.2, 0.25) is 0 Å². The Morgan fingerprint density at radius 3 is 1.88 bits per heavy atom. The number of aryl methyl sites for hydroxylation is 1. The molecule has 11 rings (SSSR count). The van der Waals surface area contributed by atoms with E-state index < -0.39 is 5.41 Å². The molecule has 0 spiro atoms. The van der Waals surface area contributed by atoms with Gasteiger partial charge in [-0.15, -0.1) is 0 Å². The van der Waals surface area contributed by atoms with E-state index >= 15 is 0 Å². The smallest absolute Gasteiger partial charge is 0.141 e. The molecule has 0 fully saturated rings. The van der Waals surface area contributed by atoms with E-state index in [0.717, 1.165) is 62.3 Å². The minimum Gasteiger partial charge on any atom is -0.324 e. The average Bonchev–Trinajstić information content (AvgIpc) is 3.81. The maximum absolute atomic E-state index is 5.53. The van der Waals surface area contributed by atoms with Crippen molar-refractivity contribution >= 4 is 32.7 Å². The van der Waals surface area contributed by atoms with E-state index in [1.165, 1.54) is 44.2 Å². The molecule has 0 aliphatic heterocycles. The molecule has 1 aliphatic carbocycles. The van der Waals surface area contributed by atoms with Gasteiger partial charge in [0.25, 0.3) is 0 Å². The van der Waals surface area contributed by atoms with Gasteiger partial charge in [0.1, 0.15) is 5.82 Å². The Hall–Kier alpha value is -7.10. The van der Waals surface area contributed by atoms with Crippen molar-refractivity contribution in [2.75, 3.05) is 0 Å². The fourth-order valence-corrected chi connectivity index (χ4v) is 9.46. The third-order valence-corrected chi connectivity index (χ3v) is 11.9. The first-order valence-electron chi connectivity index (χ1n) is 19.5. The molecule has 2 aromatic heterocycles. The van der Waals surface area contributed by atoms with Crippen LogP contribution >= 0.6 is 0 Å². The molecule has 3 heteroatoms. The van der Waals surface area contributed by atoms with Crippen molar-refractivity contribution in [3.8, 4) is 44.9 Å². The number of aromatic nitrogens is 3. The van der Waals surface area contributed by atoms with Crippen LogP contribution in [0.3, 0.4) is 0 Å². The Morgan fingerprint density at radius 1 is 0.464 bits per heavy atom. The van der Waals surface area contributed by atoms with Crippen molar-refractivity contribution < 1.29 is 0 Å². The number of hydrogen-bond donors (Lipinski definition) is 0. The number of para-hydroxylation sites is 3. The molecule has 0 atom stereocenters. The summed E-state index contributed by atoms with van der Waals surface area (Å²) >= 11 is 0. The first-order valence-corrected chi connectivity index (χ1v) is 19.5. The van der Waals surface area contributed by atoms with Gasteiger partial charge in [-0.1, -0.05) is 170 Å². The summed E-state index contributed by atoms with van der Waals surface area (Å²) < 4.78 is 2.29. The Kier molecular flexibility index (Phi) is 7.36. The lowest BCUT2D eigenvalue weighted by Gasteiger charge is -2.34. The van der Waals surface area contributed by atoms with Crippen molar-refractivity contribution in [3.05, 3.63) is 216 Å². The topological polar surface area (TPSA) is 30.7 Å². The van der Waals surface area contributed by atoms with E-state index in [4.69, 9.17) is 9.97 Å². The van der Waals surface area contributed by atoms with Crippen molar-refractivity contribution in [2.45, 2.75) is 18.9 Å². The van der Waals surface area contributed by atoms with Crippen LogP contribution in [0.4, 0.5) is 0 Å². The van der Waals surface area contributed by atoms with Gasteiger partial charge >= 0.3 is 0 Å². The van der Waals surface area contributed by atoms with Crippen LogP contribution in [0.5, 0.6) is 0 Å². The Labute approximate surface area is 326 Å². The van der Waals surface area contributed by atoms with E-state index in [1.54, 1.807) is 0 Å². The van der Waals surface area contributed by atoms with Gasteiger partial charge in [0, 0.05) is 28.4 Å². The van der Waals surface area contributed by atoms with E-state index in [-0.39, 0.29) is 0 Å². The zero-order valence-corrected chi connectivity index (χ0v) is 31.0. The summed E-state index contributed by atoms with van der Waals surface area (Å²) in [5.74, 6) is 0.997.